The van der Waals surface area contributed by atoms with Crippen LogP contribution >= 0.6 is 11.8 Å². The van der Waals surface area contributed by atoms with Crippen LogP contribution in [0, 0.1) is 5.82 Å². The fraction of sp³-hybridized carbons (Fsp3) is 0.538. The number of rotatable bonds is 4. The molecule has 1 aliphatic carbocycles. The highest BCUT2D eigenvalue weighted by atomic mass is 32.2. The van der Waals surface area contributed by atoms with Crippen LogP contribution in [0.5, 0.6) is 0 Å². The van der Waals surface area contributed by atoms with Gasteiger partial charge in [0.1, 0.15) is 5.82 Å². The molecule has 0 aromatic heterocycles. The van der Waals surface area contributed by atoms with Gasteiger partial charge in [-0.25, -0.2) is 4.39 Å². The lowest BCUT2D eigenvalue weighted by Crippen LogP contribution is -2.05. The predicted octanol–water partition coefficient (Wildman–Crippen LogP) is 3.58. The summed E-state index contributed by atoms with van der Waals surface area (Å²) in [5, 5.41) is 3.75. The van der Waals surface area contributed by atoms with Gasteiger partial charge in [0.15, 0.2) is 0 Å². The smallest absolute Gasteiger partial charge is 0.124 e. The van der Waals surface area contributed by atoms with Crippen LogP contribution in [0.25, 0.3) is 0 Å². The van der Waals surface area contributed by atoms with Gasteiger partial charge in [0.25, 0.3) is 0 Å². The first kappa shape index (κ1) is 11.9. The fourth-order valence-corrected chi connectivity index (χ4v) is 3.55. The van der Waals surface area contributed by atoms with Crippen molar-refractivity contribution in [1.29, 1.82) is 0 Å². The van der Waals surface area contributed by atoms with Gasteiger partial charge in [-0.05, 0) is 43.7 Å². The highest BCUT2D eigenvalue weighted by Gasteiger charge is 2.16. The summed E-state index contributed by atoms with van der Waals surface area (Å²) in [5.74, 6) is -0.117. The molecule has 0 bridgehead atoms. The third kappa shape index (κ3) is 3.22. The van der Waals surface area contributed by atoms with Crippen molar-refractivity contribution in [2.75, 3.05) is 7.05 Å². The van der Waals surface area contributed by atoms with Gasteiger partial charge in [-0.1, -0.05) is 12.8 Å². The number of hydrogen-bond donors (Lipinski definition) is 1. The molecular weight excluding hydrogens is 221 g/mol. The largest absolute Gasteiger partial charge is 0.316 e. The van der Waals surface area contributed by atoms with Crippen LogP contribution in [0.2, 0.25) is 0 Å². The summed E-state index contributed by atoms with van der Waals surface area (Å²) in [5.41, 5.74) is 1.03. The first-order valence-corrected chi connectivity index (χ1v) is 6.76. The van der Waals surface area contributed by atoms with Crippen LogP contribution < -0.4 is 5.32 Å². The van der Waals surface area contributed by atoms with Gasteiger partial charge in [-0.15, -0.1) is 11.8 Å². The van der Waals surface area contributed by atoms with E-state index >= 15 is 0 Å². The van der Waals surface area contributed by atoms with E-state index < -0.39 is 0 Å². The molecule has 88 valence electrons. The number of benzene rings is 1. The van der Waals surface area contributed by atoms with Gasteiger partial charge in [0, 0.05) is 16.7 Å². The molecule has 1 nitrogen and oxygen atoms in total. The summed E-state index contributed by atoms with van der Waals surface area (Å²) < 4.78 is 13.4. The number of hydrogen-bond acceptors (Lipinski definition) is 2. The molecule has 3 heteroatoms. The molecule has 1 aromatic carbocycles. The van der Waals surface area contributed by atoms with Crippen LogP contribution in [0.1, 0.15) is 31.2 Å². The van der Waals surface area contributed by atoms with E-state index in [1.54, 1.807) is 12.1 Å². The Morgan fingerprint density at radius 1 is 1.31 bits per heavy atom. The van der Waals surface area contributed by atoms with Crippen LogP contribution in [0.15, 0.2) is 23.1 Å². The van der Waals surface area contributed by atoms with Crippen LogP contribution in [-0.2, 0) is 6.54 Å². The van der Waals surface area contributed by atoms with E-state index in [-0.39, 0.29) is 5.82 Å². The molecule has 0 radical (unpaired) electrons. The lowest BCUT2D eigenvalue weighted by molar-refractivity contribution is 0.619. The zero-order chi connectivity index (χ0) is 11.4. The molecule has 0 aliphatic heterocycles. The molecule has 0 heterocycles. The molecule has 16 heavy (non-hydrogen) atoms. The molecule has 0 unspecified atom stereocenters. The van der Waals surface area contributed by atoms with Gasteiger partial charge in [0.05, 0.1) is 0 Å². The van der Waals surface area contributed by atoms with E-state index in [2.05, 4.69) is 11.4 Å². The Labute approximate surface area is 101 Å². The molecular formula is C13H18FNS. The summed E-state index contributed by atoms with van der Waals surface area (Å²) in [4.78, 5) is 1.08. The highest BCUT2D eigenvalue weighted by molar-refractivity contribution is 8.00. The Bertz CT molecular complexity index is 348. The first-order valence-electron chi connectivity index (χ1n) is 5.88. The van der Waals surface area contributed by atoms with Crippen molar-refractivity contribution in [1.82, 2.24) is 5.32 Å². The summed E-state index contributed by atoms with van der Waals surface area (Å²) in [6, 6.07) is 5.36. The SMILES string of the molecule is CNCc1cc(F)cc(SC2CCCC2)c1. The van der Waals surface area contributed by atoms with Gasteiger partial charge >= 0.3 is 0 Å². The summed E-state index contributed by atoms with van der Waals surface area (Å²) in [6.45, 7) is 0.732. The van der Waals surface area contributed by atoms with Gasteiger partial charge in [-0.2, -0.15) is 0 Å². The van der Waals surface area contributed by atoms with Gasteiger partial charge < -0.3 is 5.32 Å². The molecule has 1 saturated carbocycles. The van der Waals surface area contributed by atoms with Crippen molar-refractivity contribution in [3.63, 3.8) is 0 Å². The Kier molecular flexibility index (Phi) is 4.24. The van der Waals surface area contributed by atoms with Crippen molar-refractivity contribution in [2.24, 2.45) is 0 Å². The highest BCUT2D eigenvalue weighted by Crippen LogP contribution is 2.35. The van der Waals surface area contributed by atoms with E-state index in [0.717, 1.165) is 17.0 Å². The summed E-state index contributed by atoms with van der Waals surface area (Å²) >= 11 is 1.84. The molecule has 0 amide bonds. The molecule has 1 aliphatic rings. The van der Waals surface area contributed by atoms with Crippen molar-refractivity contribution in [3.05, 3.63) is 29.6 Å². The minimum absolute atomic E-state index is 0.117. The van der Waals surface area contributed by atoms with Gasteiger partial charge in [-0.3, -0.25) is 0 Å². The van der Waals surface area contributed by atoms with E-state index in [0.29, 0.717) is 5.25 Å². The molecule has 1 aromatic rings. The average Bonchev–Trinajstić information content (AvgIpc) is 2.70. The van der Waals surface area contributed by atoms with Crippen molar-refractivity contribution >= 4 is 11.8 Å². The summed E-state index contributed by atoms with van der Waals surface area (Å²) in [7, 11) is 1.88. The third-order valence-corrected chi connectivity index (χ3v) is 4.23. The molecule has 2 rings (SSSR count). The first-order chi connectivity index (χ1) is 7.78. The van der Waals surface area contributed by atoms with E-state index in [1.165, 1.54) is 25.7 Å². The normalized spacial score (nSPS) is 16.9. The zero-order valence-corrected chi connectivity index (χ0v) is 10.4. The second kappa shape index (κ2) is 5.69. The lowest BCUT2D eigenvalue weighted by atomic mass is 10.2. The Morgan fingerprint density at radius 2 is 2.06 bits per heavy atom. The standard InChI is InChI=1S/C13H18FNS/c1-15-9-10-6-11(14)8-13(7-10)16-12-4-2-3-5-12/h6-8,12,15H,2-5,9H2,1H3. The Balaban J connectivity index is 2.06. The molecule has 0 spiro atoms. The minimum Gasteiger partial charge on any atom is -0.316 e. The topological polar surface area (TPSA) is 12.0 Å². The summed E-state index contributed by atoms with van der Waals surface area (Å²) in [6.07, 6.45) is 5.22. The Hall–Kier alpha value is -0.540. The van der Waals surface area contributed by atoms with Crippen LogP contribution in [0.3, 0.4) is 0 Å². The van der Waals surface area contributed by atoms with Crippen LogP contribution in [-0.4, -0.2) is 12.3 Å². The predicted molar refractivity (Wildman–Crippen MR) is 67.3 cm³/mol. The number of halogens is 1. The zero-order valence-electron chi connectivity index (χ0n) is 9.63. The fourth-order valence-electron chi connectivity index (χ4n) is 2.19. The molecule has 0 saturated heterocycles. The maximum Gasteiger partial charge on any atom is 0.124 e. The quantitative estimate of drug-likeness (QED) is 0.862. The molecule has 0 atom stereocenters. The van der Waals surface area contributed by atoms with E-state index in [9.17, 15) is 4.39 Å². The monoisotopic (exact) mass is 239 g/mol. The minimum atomic E-state index is -0.117. The van der Waals surface area contributed by atoms with Crippen molar-refractivity contribution < 1.29 is 4.39 Å². The Morgan fingerprint density at radius 3 is 2.75 bits per heavy atom. The van der Waals surface area contributed by atoms with Crippen molar-refractivity contribution in [2.45, 2.75) is 42.4 Å². The third-order valence-electron chi connectivity index (χ3n) is 2.92. The number of thioether (sulfide) groups is 1. The second-order valence-corrected chi connectivity index (χ2v) is 5.72. The maximum absolute atomic E-state index is 13.4. The lowest BCUT2D eigenvalue weighted by Gasteiger charge is -2.10. The van der Waals surface area contributed by atoms with E-state index in [1.807, 2.05) is 18.8 Å². The van der Waals surface area contributed by atoms with E-state index in [4.69, 9.17) is 0 Å². The van der Waals surface area contributed by atoms with Gasteiger partial charge in [0.2, 0.25) is 0 Å². The van der Waals surface area contributed by atoms with Crippen LogP contribution in [0.4, 0.5) is 4.39 Å². The van der Waals surface area contributed by atoms with Crippen molar-refractivity contribution in [3.8, 4) is 0 Å². The second-order valence-electron chi connectivity index (χ2n) is 4.35. The maximum atomic E-state index is 13.4. The molecule has 1 fully saturated rings. The number of nitrogens with one attached hydrogen (secondary N) is 1. The molecule has 1 N–H and O–H groups in total. The average molecular weight is 239 g/mol.